The molecule has 0 aliphatic carbocycles. The molecule has 0 saturated heterocycles. The maximum absolute atomic E-state index is 13.1. The standard InChI is InChI=1S/C22H17NO2/c24-19-12-10-16(11-13-19)15-23-21(17-6-2-1-3-7-17)14-18-8-4-5-9-20(18)22(23)25/h1-14,24H,15H2. The van der Waals surface area contributed by atoms with E-state index in [2.05, 4.69) is 6.07 Å². The van der Waals surface area contributed by atoms with Crippen LogP contribution in [0.5, 0.6) is 5.75 Å². The van der Waals surface area contributed by atoms with Crippen LogP contribution in [0.4, 0.5) is 0 Å². The van der Waals surface area contributed by atoms with E-state index in [1.807, 2.05) is 66.7 Å². The van der Waals surface area contributed by atoms with Crippen LogP contribution in [-0.4, -0.2) is 9.67 Å². The Kier molecular flexibility index (Phi) is 3.82. The highest BCUT2D eigenvalue weighted by atomic mass is 16.3. The maximum atomic E-state index is 13.1. The van der Waals surface area contributed by atoms with E-state index in [9.17, 15) is 9.90 Å². The van der Waals surface area contributed by atoms with Gasteiger partial charge in [0.2, 0.25) is 0 Å². The van der Waals surface area contributed by atoms with E-state index < -0.39 is 0 Å². The lowest BCUT2D eigenvalue weighted by molar-refractivity contribution is 0.475. The molecular weight excluding hydrogens is 310 g/mol. The molecule has 3 aromatic carbocycles. The second-order valence-electron chi connectivity index (χ2n) is 6.04. The molecule has 1 aromatic heterocycles. The number of phenolic OH excluding ortho intramolecular Hbond substituents is 1. The van der Waals surface area contributed by atoms with Crippen LogP contribution in [0.3, 0.4) is 0 Å². The van der Waals surface area contributed by atoms with Gasteiger partial charge in [-0.2, -0.15) is 0 Å². The smallest absolute Gasteiger partial charge is 0.259 e. The molecule has 0 saturated carbocycles. The topological polar surface area (TPSA) is 42.2 Å². The van der Waals surface area contributed by atoms with Crippen LogP contribution in [0.15, 0.2) is 89.7 Å². The lowest BCUT2D eigenvalue weighted by Crippen LogP contribution is -2.22. The van der Waals surface area contributed by atoms with Gasteiger partial charge in [-0.25, -0.2) is 0 Å². The van der Waals surface area contributed by atoms with Crippen molar-refractivity contribution in [1.29, 1.82) is 0 Å². The Morgan fingerprint density at radius 3 is 2.24 bits per heavy atom. The van der Waals surface area contributed by atoms with E-state index >= 15 is 0 Å². The van der Waals surface area contributed by atoms with Crippen molar-refractivity contribution < 1.29 is 5.11 Å². The number of pyridine rings is 1. The lowest BCUT2D eigenvalue weighted by Gasteiger charge is -2.15. The van der Waals surface area contributed by atoms with Gasteiger partial charge >= 0.3 is 0 Å². The summed E-state index contributed by atoms with van der Waals surface area (Å²) in [6, 6.07) is 26.6. The molecule has 0 aliphatic heterocycles. The summed E-state index contributed by atoms with van der Waals surface area (Å²) in [5.74, 6) is 0.220. The average molecular weight is 327 g/mol. The number of benzene rings is 3. The van der Waals surface area contributed by atoms with Crippen molar-refractivity contribution in [3.8, 4) is 17.0 Å². The Bertz CT molecular complexity index is 1080. The monoisotopic (exact) mass is 327 g/mol. The Balaban J connectivity index is 1.95. The van der Waals surface area contributed by atoms with Crippen molar-refractivity contribution in [2.24, 2.45) is 0 Å². The molecule has 0 spiro atoms. The predicted octanol–water partition coefficient (Wildman–Crippen LogP) is 4.42. The van der Waals surface area contributed by atoms with Crippen molar-refractivity contribution in [2.75, 3.05) is 0 Å². The van der Waals surface area contributed by atoms with E-state index in [-0.39, 0.29) is 11.3 Å². The molecule has 0 atom stereocenters. The third-order valence-electron chi connectivity index (χ3n) is 4.37. The molecule has 122 valence electrons. The minimum absolute atomic E-state index is 0.00923. The van der Waals surface area contributed by atoms with Gasteiger partial charge in [0.05, 0.1) is 12.2 Å². The highest BCUT2D eigenvalue weighted by Crippen LogP contribution is 2.23. The summed E-state index contributed by atoms with van der Waals surface area (Å²) >= 11 is 0. The second-order valence-corrected chi connectivity index (χ2v) is 6.04. The summed E-state index contributed by atoms with van der Waals surface area (Å²) in [6.45, 7) is 0.453. The van der Waals surface area contributed by atoms with E-state index in [1.54, 1.807) is 16.7 Å². The summed E-state index contributed by atoms with van der Waals surface area (Å²) in [5.41, 5.74) is 2.85. The largest absolute Gasteiger partial charge is 0.508 e. The van der Waals surface area contributed by atoms with Crippen LogP contribution in [-0.2, 0) is 6.54 Å². The fraction of sp³-hybridized carbons (Fsp3) is 0.0455. The Morgan fingerprint density at radius 2 is 1.48 bits per heavy atom. The number of rotatable bonds is 3. The van der Waals surface area contributed by atoms with Crippen molar-refractivity contribution in [3.63, 3.8) is 0 Å². The molecule has 25 heavy (non-hydrogen) atoms. The molecule has 0 unspecified atom stereocenters. The van der Waals surface area contributed by atoms with Gasteiger partial charge in [0.15, 0.2) is 0 Å². The third-order valence-corrected chi connectivity index (χ3v) is 4.37. The number of fused-ring (bicyclic) bond motifs is 1. The van der Waals surface area contributed by atoms with E-state index in [4.69, 9.17) is 0 Å². The maximum Gasteiger partial charge on any atom is 0.259 e. The summed E-state index contributed by atoms with van der Waals surface area (Å²) < 4.78 is 1.80. The van der Waals surface area contributed by atoms with Crippen LogP contribution in [0, 0.1) is 0 Å². The average Bonchev–Trinajstić information content (AvgIpc) is 2.66. The Hall–Kier alpha value is -3.33. The predicted molar refractivity (Wildman–Crippen MR) is 101 cm³/mol. The SMILES string of the molecule is O=c1c2ccccc2cc(-c2ccccc2)n1Cc1ccc(O)cc1. The van der Waals surface area contributed by atoms with Gasteiger partial charge in [-0.05, 0) is 40.8 Å². The lowest BCUT2D eigenvalue weighted by atomic mass is 10.1. The first kappa shape index (κ1) is 15.2. The highest BCUT2D eigenvalue weighted by Gasteiger charge is 2.11. The summed E-state index contributed by atoms with van der Waals surface area (Å²) in [7, 11) is 0. The van der Waals surface area contributed by atoms with Gasteiger partial charge in [0.25, 0.3) is 5.56 Å². The minimum Gasteiger partial charge on any atom is -0.508 e. The quantitative estimate of drug-likeness (QED) is 0.605. The summed E-state index contributed by atoms with van der Waals surface area (Å²) in [6.07, 6.45) is 0. The first-order chi connectivity index (χ1) is 12.2. The van der Waals surface area contributed by atoms with Crippen molar-refractivity contribution in [3.05, 3.63) is 101 Å². The molecule has 3 nitrogen and oxygen atoms in total. The molecule has 1 N–H and O–H groups in total. The molecule has 0 aliphatic rings. The van der Waals surface area contributed by atoms with Crippen LogP contribution in [0.2, 0.25) is 0 Å². The molecule has 1 heterocycles. The van der Waals surface area contributed by atoms with Gasteiger partial charge in [0.1, 0.15) is 5.75 Å². The first-order valence-corrected chi connectivity index (χ1v) is 8.18. The number of hydrogen-bond acceptors (Lipinski definition) is 2. The zero-order valence-corrected chi connectivity index (χ0v) is 13.6. The minimum atomic E-state index is -0.00923. The van der Waals surface area contributed by atoms with Gasteiger partial charge in [0, 0.05) is 5.39 Å². The molecule has 0 radical (unpaired) electrons. The van der Waals surface area contributed by atoms with Gasteiger partial charge in [-0.1, -0.05) is 60.7 Å². The van der Waals surface area contributed by atoms with E-state index in [0.717, 1.165) is 22.2 Å². The number of nitrogens with zero attached hydrogens (tertiary/aromatic N) is 1. The van der Waals surface area contributed by atoms with E-state index in [1.165, 1.54) is 0 Å². The Morgan fingerprint density at radius 1 is 0.800 bits per heavy atom. The van der Waals surface area contributed by atoms with Gasteiger partial charge < -0.3 is 9.67 Å². The molecule has 3 heteroatoms. The highest BCUT2D eigenvalue weighted by molar-refractivity contribution is 5.85. The summed E-state index contributed by atoms with van der Waals surface area (Å²) in [4.78, 5) is 13.1. The van der Waals surface area contributed by atoms with Crippen molar-refractivity contribution in [2.45, 2.75) is 6.54 Å². The number of hydrogen-bond donors (Lipinski definition) is 1. The fourth-order valence-electron chi connectivity index (χ4n) is 3.09. The first-order valence-electron chi connectivity index (χ1n) is 8.18. The Labute approximate surface area is 145 Å². The molecule has 4 rings (SSSR count). The van der Waals surface area contributed by atoms with Crippen LogP contribution in [0.1, 0.15) is 5.56 Å². The number of aromatic hydroxyl groups is 1. The van der Waals surface area contributed by atoms with Gasteiger partial charge in [-0.3, -0.25) is 4.79 Å². The molecule has 0 amide bonds. The molecule has 4 aromatic rings. The van der Waals surface area contributed by atoms with Crippen LogP contribution < -0.4 is 5.56 Å². The molecule has 0 fully saturated rings. The normalized spacial score (nSPS) is 10.9. The third kappa shape index (κ3) is 2.92. The van der Waals surface area contributed by atoms with Crippen LogP contribution >= 0.6 is 0 Å². The van der Waals surface area contributed by atoms with Crippen molar-refractivity contribution >= 4 is 10.8 Å². The van der Waals surface area contributed by atoms with Gasteiger partial charge in [-0.15, -0.1) is 0 Å². The molecule has 0 bridgehead atoms. The van der Waals surface area contributed by atoms with Crippen molar-refractivity contribution in [1.82, 2.24) is 4.57 Å². The second kappa shape index (κ2) is 6.29. The number of phenols is 1. The van der Waals surface area contributed by atoms with Crippen LogP contribution in [0.25, 0.3) is 22.0 Å². The zero-order chi connectivity index (χ0) is 17.2. The zero-order valence-electron chi connectivity index (χ0n) is 13.6. The summed E-state index contributed by atoms with van der Waals surface area (Å²) in [5, 5.41) is 11.1. The number of aromatic nitrogens is 1. The fourth-order valence-corrected chi connectivity index (χ4v) is 3.09. The van der Waals surface area contributed by atoms with E-state index in [0.29, 0.717) is 11.9 Å². The molecular formula is C22H17NO2.